The highest BCUT2D eigenvalue weighted by Gasteiger charge is 2.36. The lowest BCUT2D eigenvalue weighted by Gasteiger charge is -2.40. The topological polar surface area (TPSA) is 56.6 Å². The number of ether oxygens (including phenoxy) is 2. The maximum absolute atomic E-state index is 12.8. The van der Waals surface area contributed by atoms with Crippen LogP contribution in [0, 0.1) is 0 Å². The van der Waals surface area contributed by atoms with Crippen molar-refractivity contribution in [2.75, 3.05) is 26.8 Å². The molecule has 2 heterocycles. The molecule has 1 unspecified atom stereocenters. The minimum atomic E-state index is -0.525. The number of methoxy groups -OCH3 is 1. The molecule has 1 fully saturated rings. The third kappa shape index (κ3) is 3.28. The molecule has 6 heteroatoms. The Bertz CT molecular complexity index is 728. The molecular weight excluding hydrogens is 306 g/mol. The number of aromatic nitrogens is 2. The molecule has 1 aromatic carbocycles. The molecule has 0 saturated carbocycles. The average molecular weight is 329 g/mol. The van der Waals surface area contributed by atoms with Crippen molar-refractivity contribution in [3.8, 4) is 5.75 Å². The Kier molecular flexibility index (Phi) is 4.57. The van der Waals surface area contributed by atoms with E-state index < -0.39 is 5.60 Å². The summed E-state index contributed by atoms with van der Waals surface area (Å²) in [7, 11) is 3.50. The van der Waals surface area contributed by atoms with Gasteiger partial charge in [-0.25, -0.2) is 0 Å². The Morgan fingerprint density at radius 2 is 2.21 bits per heavy atom. The van der Waals surface area contributed by atoms with Crippen LogP contribution in [-0.4, -0.2) is 47.4 Å². The van der Waals surface area contributed by atoms with E-state index in [1.165, 1.54) is 0 Å². The number of carbonyl (C=O) groups excluding carboxylic acids is 1. The minimum absolute atomic E-state index is 0.0814. The predicted molar refractivity (Wildman–Crippen MR) is 89.8 cm³/mol. The summed E-state index contributed by atoms with van der Waals surface area (Å²) in [6, 6.07) is 7.63. The highest BCUT2D eigenvalue weighted by atomic mass is 16.5. The monoisotopic (exact) mass is 329 g/mol. The first-order valence-corrected chi connectivity index (χ1v) is 8.04. The molecule has 1 aromatic heterocycles. The van der Waals surface area contributed by atoms with Crippen molar-refractivity contribution in [1.82, 2.24) is 14.7 Å². The van der Waals surface area contributed by atoms with E-state index in [2.05, 4.69) is 5.10 Å². The molecule has 1 saturated heterocycles. The highest BCUT2D eigenvalue weighted by molar-refractivity contribution is 5.79. The Morgan fingerprint density at radius 3 is 2.92 bits per heavy atom. The summed E-state index contributed by atoms with van der Waals surface area (Å²) in [6.07, 6.45) is 4.07. The van der Waals surface area contributed by atoms with Crippen molar-refractivity contribution in [3.05, 3.63) is 47.8 Å². The fourth-order valence-electron chi connectivity index (χ4n) is 3.08. The lowest BCUT2D eigenvalue weighted by Crippen LogP contribution is -2.50. The van der Waals surface area contributed by atoms with E-state index >= 15 is 0 Å². The molecule has 1 aliphatic heterocycles. The van der Waals surface area contributed by atoms with Crippen molar-refractivity contribution >= 4 is 5.91 Å². The van der Waals surface area contributed by atoms with Crippen LogP contribution in [0.5, 0.6) is 5.75 Å². The second-order valence-electron chi connectivity index (χ2n) is 6.29. The first-order chi connectivity index (χ1) is 11.5. The number of para-hydroxylation sites is 1. The third-order valence-corrected chi connectivity index (χ3v) is 4.48. The Labute approximate surface area is 142 Å². The van der Waals surface area contributed by atoms with Gasteiger partial charge in [-0.15, -0.1) is 0 Å². The Balaban J connectivity index is 1.73. The van der Waals surface area contributed by atoms with Gasteiger partial charge in [0.2, 0.25) is 5.91 Å². The van der Waals surface area contributed by atoms with Crippen molar-refractivity contribution < 1.29 is 14.3 Å². The molecule has 0 N–H and O–H groups in total. The second-order valence-corrected chi connectivity index (χ2v) is 6.29. The van der Waals surface area contributed by atoms with Crippen LogP contribution in [-0.2, 0) is 28.6 Å². The molecule has 2 aromatic rings. The van der Waals surface area contributed by atoms with Crippen LogP contribution in [0.25, 0.3) is 0 Å². The maximum atomic E-state index is 12.8. The SMILES string of the molecule is COc1ccccc1CC(=O)N1CCOC(C)(c2cnn(C)c2)C1. The molecule has 0 radical (unpaired) electrons. The quantitative estimate of drug-likeness (QED) is 0.857. The Morgan fingerprint density at radius 1 is 1.42 bits per heavy atom. The van der Waals surface area contributed by atoms with Gasteiger partial charge in [0.15, 0.2) is 0 Å². The fraction of sp³-hybridized carbons (Fsp3) is 0.444. The van der Waals surface area contributed by atoms with Crippen LogP contribution in [0.1, 0.15) is 18.1 Å². The van der Waals surface area contributed by atoms with Gasteiger partial charge in [-0.2, -0.15) is 5.10 Å². The average Bonchev–Trinajstić information content (AvgIpc) is 3.03. The molecule has 0 aliphatic carbocycles. The van der Waals surface area contributed by atoms with E-state index in [4.69, 9.17) is 9.47 Å². The van der Waals surface area contributed by atoms with Gasteiger partial charge in [-0.3, -0.25) is 9.48 Å². The van der Waals surface area contributed by atoms with Gasteiger partial charge in [0.25, 0.3) is 0 Å². The van der Waals surface area contributed by atoms with Crippen molar-refractivity contribution in [3.63, 3.8) is 0 Å². The number of hydrogen-bond donors (Lipinski definition) is 0. The number of amides is 1. The van der Waals surface area contributed by atoms with Crippen LogP contribution in [0.2, 0.25) is 0 Å². The summed E-state index contributed by atoms with van der Waals surface area (Å²) >= 11 is 0. The zero-order valence-electron chi connectivity index (χ0n) is 14.4. The normalized spacial score (nSPS) is 20.9. The standard InChI is InChI=1S/C18H23N3O3/c1-18(15-11-19-20(2)12-15)13-21(8-9-24-18)17(22)10-14-6-4-5-7-16(14)23-3/h4-7,11-12H,8-10,13H2,1-3H3. The molecule has 24 heavy (non-hydrogen) atoms. The van der Waals surface area contributed by atoms with Gasteiger partial charge in [0.1, 0.15) is 11.4 Å². The zero-order chi connectivity index (χ0) is 17.2. The van der Waals surface area contributed by atoms with Gasteiger partial charge >= 0.3 is 0 Å². The summed E-state index contributed by atoms with van der Waals surface area (Å²) < 4.78 is 13.1. The highest BCUT2D eigenvalue weighted by Crippen LogP contribution is 2.29. The lowest BCUT2D eigenvalue weighted by atomic mass is 9.96. The van der Waals surface area contributed by atoms with Gasteiger partial charge in [0, 0.05) is 30.9 Å². The van der Waals surface area contributed by atoms with Gasteiger partial charge < -0.3 is 14.4 Å². The summed E-state index contributed by atoms with van der Waals surface area (Å²) in [4.78, 5) is 14.6. The number of hydrogen-bond acceptors (Lipinski definition) is 4. The van der Waals surface area contributed by atoms with Crippen LogP contribution in [0.3, 0.4) is 0 Å². The largest absolute Gasteiger partial charge is 0.496 e. The fourth-order valence-corrected chi connectivity index (χ4v) is 3.08. The molecule has 128 valence electrons. The maximum Gasteiger partial charge on any atom is 0.227 e. The lowest BCUT2D eigenvalue weighted by molar-refractivity contribution is -0.149. The molecule has 0 spiro atoms. The zero-order valence-corrected chi connectivity index (χ0v) is 14.4. The third-order valence-electron chi connectivity index (χ3n) is 4.48. The summed E-state index contributed by atoms with van der Waals surface area (Å²) in [5, 5.41) is 4.21. The van der Waals surface area contributed by atoms with Gasteiger partial charge in [-0.1, -0.05) is 18.2 Å². The number of carbonyl (C=O) groups is 1. The summed E-state index contributed by atoms with van der Waals surface area (Å²) in [5.41, 5.74) is 1.36. The molecule has 3 rings (SSSR count). The summed E-state index contributed by atoms with van der Waals surface area (Å²) in [6.45, 7) is 3.64. The molecule has 1 aliphatic rings. The van der Waals surface area contributed by atoms with Crippen LogP contribution >= 0.6 is 0 Å². The smallest absolute Gasteiger partial charge is 0.227 e. The first kappa shape index (κ1) is 16.5. The first-order valence-electron chi connectivity index (χ1n) is 8.04. The van der Waals surface area contributed by atoms with E-state index in [1.807, 2.05) is 49.3 Å². The number of aryl methyl sites for hydroxylation is 1. The van der Waals surface area contributed by atoms with Crippen LogP contribution in [0.4, 0.5) is 0 Å². The van der Waals surface area contributed by atoms with Crippen molar-refractivity contribution in [2.45, 2.75) is 18.9 Å². The molecule has 1 amide bonds. The number of nitrogens with zero attached hydrogens (tertiary/aromatic N) is 3. The number of morpholine rings is 1. The van der Waals surface area contributed by atoms with Crippen LogP contribution in [0.15, 0.2) is 36.7 Å². The predicted octanol–water partition coefficient (Wildman–Crippen LogP) is 1.75. The van der Waals surface area contributed by atoms with Crippen molar-refractivity contribution in [2.24, 2.45) is 7.05 Å². The molecule has 6 nitrogen and oxygen atoms in total. The van der Waals surface area contributed by atoms with E-state index in [-0.39, 0.29) is 5.91 Å². The summed E-state index contributed by atoms with van der Waals surface area (Å²) in [5.74, 6) is 0.826. The van der Waals surface area contributed by atoms with Gasteiger partial charge in [-0.05, 0) is 13.0 Å². The van der Waals surface area contributed by atoms with E-state index in [0.717, 1.165) is 16.9 Å². The molecular formula is C18H23N3O3. The Hall–Kier alpha value is -2.34. The van der Waals surface area contributed by atoms with E-state index in [9.17, 15) is 4.79 Å². The van der Waals surface area contributed by atoms with Gasteiger partial charge in [0.05, 0.1) is 32.9 Å². The van der Waals surface area contributed by atoms with E-state index in [1.54, 1.807) is 18.0 Å². The van der Waals surface area contributed by atoms with Crippen LogP contribution < -0.4 is 4.74 Å². The minimum Gasteiger partial charge on any atom is -0.496 e. The van der Waals surface area contributed by atoms with Crippen molar-refractivity contribution in [1.29, 1.82) is 0 Å². The number of rotatable bonds is 4. The number of benzene rings is 1. The molecule has 1 atom stereocenters. The molecule has 0 bridgehead atoms. The van der Waals surface area contributed by atoms with E-state index in [0.29, 0.717) is 26.1 Å². The second kappa shape index (κ2) is 6.65.